The number of hydrogen-bond donors (Lipinski definition) is 1. The molecule has 0 radical (unpaired) electrons. The maximum absolute atomic E-state index is 4.26. The maximum atomic E-state index is 4.26. The van der Waals surface area contributed by atoms with E-state index in [4.69, 9.17) is 0 Å². The summed E-state index contributed by atoms with van der Waals surface area (Å²) in [6, 6.07) is 0. The van der Waals surface area contributed by atoms with Crippen molar-refractivity contribution in [3.63, 3.8) is 0 Å². The van der Waals surface area contributed by atoms with Crippen molar-refractivity contribution in [2.24, 2.45) is 5.92 Å². The van der Waals surface area contributed by atoms with Crippen LogP contribution in [-0.2, 0) is 11.8 Å². The van der Waals surface area contributed by atoms with Crippen LogP contribution in [0.4, 0.5) is 0 Å². The Morgan fingerprint density at radius 2 is 1.94 bits per heavy atom. The molecule has 1 aromatic heterocycles. The Bertz CT molecular complexity index is 326. The monoisotopic (exact) mass is 255 g/mol. The molecule has 0 saturated carbocycles. The molecule has 0 aliphatic carbocycles. The Hall–Kier alpha value is -0.480. The Kier molecular flexibility index (Phi) is 5.53. The second kappa shape index (κ2) is 6.45. The smallest absolute Gasteiger partial charge is 0.122 e. The van der Waals surface area contributed by atoms with Crippen LogP contribution in [0.15, 0.2) is 0 Å². The van der Waals surface area contributed by atoms with Gasteiger partial charge in [0.05, 0.1) is 0 Å². The maximum Gasteiger partial charge on any atom is 0.122 e. The zero-order valence-corrected chi connectivity index (χ0v) is 12.5. The van der Waals surface area contributed by atoms with E-state index in [1.165, 1.54) is 5.01 Å². The summed E-state index contributed by atoms with van der Waals surface area (Å²) in [7, 11) is 0. The summed E-state index contributed by atoms with van der Waals surface area (Å²) in [6.07, 6.45) is 2.18. The lowest BCUT2D eigenvalue weighted by Crippen LogP contribution is -2.21. The largest absolute Gasteiger partial charge is 0.316 e. The Labute approximate surface area is 109 Å². The van der Waals surface area contributed by atoms with E-state index in [1.807, 2.05) is 0 Å². The summed E-state index contributed by atoms with van der Waals surface area (Å²) in [6.45, 7) is 13.2. The molecule has 1 rings (SSSR count). The number of aromatic nitrogens is 2. The highest BCUT2D eigenvalue weighted by molar-refractivity contribution is 7.11. The summed E-state index contributed by atoms with van der Waals surface area (Å²) in [5, 5.41) is 14.3. The van der Waals surface area contributed by atoms with Gasteiger partial charge >= 0.3 is 0 Å². The minimum absolute atomic E-state index is 0.131. The average molecular weight is 255 g/mol. The number of nitrogens with one attached hydrogen (secondary N) is 1. The summed E-state index contributed by atoms with van der Waals surface area (Å²) in [5.74, 6) is 0.726. The van der Waals surface area contributed by atoms with Crippen molar-refractivity contribution in [2.45, 2.75) is 52.9 Å². The highest BCUT2D eigenvalue weighted by Crippen LogP contribution is 2.25. The van der Waals surface area contributed by atoms with E-state index in [2.05, 4.69) is 50.1 Å². The van der Waals surface area contributed by atoms with E-state index < -0.39 is 0 Å². The van der Waals surface area contributed by atoms with Gasteiger partial charge in [-0.25, -0.2) is 0 Å². The fourth-order valence-corrected chi connectivity index (χ4v) is 2.35. The van der Waals surface area contributed by atoms with E-state index in [-0.39, 0.29) is 5.41 Å². The van der Waals surface area contributed by atoms with Gasteiger partial charge in [-0.05, 0) is 25.4 Å². The van der Waals surface area contributed by atoms with Gasteiger partial charge in [-0.15, -0.1) is 21.5 Å². The normalized spacial score (nSPS) is 12.4. The molecule has 0 saturated heterocycles. The van der Waals surface area contributed by atoms with Gasteiger partial charge in [0.15, 0.2) is 0 Å². The van der Waals surface area contributed by atoms with Crippen molar-refractivity contribution < 1.29 is 0 Å². The number of aryl methyl sites for hydroxylation is 1. The topological polar surface area (TPSA) is 37.8 Å². The molecule has 4 heteroatoms. The van der Waals surface area contributed by atoms with Crippen molar-refractivity contribution in [3.8, 4) is 0 Å². The van der Waals surface area contributed by atoms with E-state index in [9.17, 15) is 0 Å². The highest BCUT2D eigenvalue weighted by atomic mass is 32.1. The van der Waals surface area contributed by atoms with E-state index in [1.54, 1.807) is 11.3 Å². The van der Waals surface area contributed by atoms with Crippen molar-refractivity contribution in [2.75, 3.05) is 13.1 Å². The van der Waals surface area contributed by atoms with Gasteiger partial charge in [0.25, 0.3) is 0 Å². The zero-order valence-electron chi connectivity index (χ0n) is 11.7. The third-order valence-electron chi connectivity index (χ3n) is 2.41. The lowest BCUT2D eigenvalue weighted by Gasteiger charge is -2.12. The first-order valence-electron chi connectivity index (χ1n) is 6.43. The van der Waals surface area contributed by atoms with Crippen LogP contribution in [0.25, 0.3) is 0 Å². The van der Waals surface area contributed by atoms with Crippen LogP contribution in [0.2, 0.25) is 0 Å². The molecule has 0 aliphatic rings. The molecule has 0 aromatic carbocycles. The molecule has 0 atom stereocenters. The van der Waals surface area contributed by atoms with Crippen molar-refractivity contribution in [3.05, 3.63) is 10.0 Å². The van der Waals surface area contributed by atoms with Crippen LogP contribution in [0.5, 0.6) is 0 Å². The quantitative estimate of drug-likeness (QED) is 0.794. The molecule has 1 N–H and O–H groups in total. The number of nitrogens with zero attached hydrogens (tertiary/aromatic N) is 2. The van der Waals surface area contributed by atoms with Gasteiger partial charge in [0.1, 0.15) is 10.0 Å². The number of hydrogen-bond acceptors (Lipinski definition) is 4. The van der Waals surface area contributed by atoms with Crippen molar-refractivity contribution in [1.82, 2.24) is 15.5 Å². The first-order valence-corrected chi connectivity index (χ1v) is 7.25. The molecule has 0 amide bonds. The third kappa shape index (κ3) is 5.59. The molecule has 1 aromatic rings. The standard InChI is InChI=1S/C13H25N3S/c1-10(2)9-14-8-6-7-11-15-16-12(17-11)13(3,4)5/h10,14H,6-9H2,1-5H3. The molecular formula is C13H25N3S. The SMILES string of the molecule is CC(C)CNCCCc1nnc(C(C)(C)C)s1. The van der Waals surface area contributed by atoms with Crippen LogP contribution in [0.1, 0.15) is 51.1 Å². The first-order chi connectivity index (χ1) is 7.89. The lowest BCUT2D eigenvalue weighted by atomic mass is 9.98. The molecule has 0 aliphatic heterocycles. The summed E-state index contributed by atoms with van der Waals surface area (Å²) < 4.78 is 0. The van der Waals surface area contributed by atoms with Crippen LogP contribution >= 0.6 is 11.3 Å². The van der Waals surface area contributed by atoms with Crippen LogP contribution in [0, 0.1) is 5.92 Å². The zero-order chi connectivity index (χ0) is 12.9. The molecule has 0 fully saturated rings. The van der Waals surface area contributed by atoms with Gasteiger partial charge in [0, 0.05) is 11.8 Å². The van der Waals surface area contributed by atoms with Gasteiger partial charge in [-0.2, -0.15) is 0 Å². The predicted molar refractivity (Wildman–Crippen MR) is 74.6 cm³/mol. The molecule has 0 spiro atoms. The van der Waals surface area contributed by atoms with E-state index in [0.717, 1.165) is 36.9 Å². The fourth-order valence-electron chi connectivity index (χ4n) is 1.41. The van der Waals surface area contributed by atoms with Gasteiger partial charge in [-0.3, -0.25) is 0 Å². The molecule has 1 heterocycles. The van der Waals surface area contributed by atoms with Crippen LogP contribution in [0.3, 0.4) is 0 Å². The Balaban J connectivity index is 2.26. The third-order valence-corrected chi connectivity index (χ3v) is 3.81. The van der Waals surface area contributed by atoms with Crippen molar-refractivity contribution in [1.29, 1.82) is 0 Å². The number of rotatable bonds is 6. The van der Waals surface area contributed by atoms with Gasteiger partial charge in [0.2, 0.25) is 0 Å². The second-order valence-electron chi connectivity index (χ2n) is 5.95. The van der Waals surface area contributed by atoms with E-state index in [0.29, 0.717) is 0 Å². The van der Waals surface area contributed by atoms with E-state index >= 15 is 0 Å². The second-order valence-corrected chi connectivity index (χ2v) is 7.01. The lowest BCUT2D eigenvalue weighted by molar-refractivity contribution is 0.542. The molecule has 3 nitrogen and oxygen atoms in total. The highest BCUT2D eigenvalue weighted by Gasteiger charge is 2.18. The molecular weight excluding hydrogens is 230 g/mol. The minimum atomic E-state index is 0.131. The molecule has 98 valence electrons. The predicted octanol–water partition coefficient (Wildman–Crippen LogP) is 3.01. The Morgan fingerprint density at radius 3 is 2.47 bits per heavy atom. The average Bonchev–Trinajstić information content (AvgIpc) is 2.64. The van der Waals surface area contributed by atoms with Gasteiger partial charge in [-0.1, -0.05) is 34.6 Å². The summed E-state index contributed by atoms with van der Waals surface area (Å²) >= 11 is 1.75. The van der Waals surface area contributed by atoms with Crippen molar-refractivity contribution >= 4 is 11.3 Å². The first kappa shape index (κ1) is 14.6. The minimum Gasteiger partial charge on any atom is -0.316 e. The molecule has 17 heavy (non-hydrogen) atoms. The van der Waals surface area contributed by atoms with Crippen LogP contribution in [-0.4, -0.2) is 23.3 Å². The van der Waals surface area contributed by atoms with Gasteiger partial charge < -0.3 is 5.32 Å². The molecule has 0 unspecified atom stereocenters. The Morgan fingerprint density at radius 1 is 1.24 bits per heavy atom. The van der Waals surface area contributed by atoms with Crippen LogP contribution < -0.4 is 5.32 Å². The summed E-state index contributed by atoms with van der Waals surface area (Å²) in [5.41, 5.74) is 0.131. The summed E-state index contributed by atoms with van der Waals surface area (Å²) in [4.78, 5) is 0. The molecule has 0 bridgehead atoms. The fraction of sp³-hybridized carbons (Fsp3) is 0.846.